The second kappa shape index (κ2) is 3.44. The van der Waals surface area contributed by atoms with Gasteiger partial charge >= 0.3 is 5.97 Å². The normalized spacial score (nSPS) is 36.2. The minimum Gasteiger partial charge on any atom is -0.497 e. The van der Waals surface area contributed by atoms with E-state index in [2.05, 4.69) is 0 Å². The van der Waals surface area contributed by atoms with Gasteiger partial charge in [-0.25, -0.2) is 4.79 Å². The van der Waals surface area contributed by atoms with E-state index in [0.717, 1.165) is 6.29 Å². The van der Waals surface area contributed by atoms with Crippen molar-refractivity contribution in [3.63, 3.8) is 0 Å². The molecule has 0 N–H and O–H groups in total. The molecule has 2 rings (SSSR count). The molecular weight excluding hydrogens is 184 g/mol. The van der Waals surface area contributed by atoms with E-state index < -0.39 is 0 Å². The maximum Gasteiger partial charge on any atom is 0.337 e. The van der Waals surface area contributed by atoms with E-state index in [4.69, 9.17) is 9.47 Å². The van der Waals surface area contributed by atoms with Gasteiger partial charge in [0.25, 0.3) is 0 Å². The van der Waals surface area contributed by atoms with Gasteiger partial charge in [0.15, 0.2) is 0 Å². The zero-order valence-corrected chi connectivity index (χ0v) is 7.93. The molecule has 76 valence electrons. The molecule has 0 aromatic heterocycles. The summed E-state index contributed by atoms with van der Waals surface area (Å²) >= 11 is 0. The highest BCUT2D eigenvalue weighted by molar-refractivity contribution is 5.90. The van der Waals surface area contributed by atoms with Crippen LogP contribution in [0.15, 0.2) is 11.8 Å². The van der Waals surface area contributed by atoms with Crippen LogP contribution in [0.2, 0.25) is 0 Å². The van der Waals surface area contributed by atoms with Crippen LogP contribution in [0.3, 0.4) is 0 Å². The highest BCUT2D eigenvalue weighted by Crippen LogP contribution is 2.34. The molecule has 3 atom stereocenters. The van der Waals surface area contributed by atoms with E-state index in [1.165, 1.54) is 6.26 Å². The Labute approximate surface area is 81.9 Å². The number of esters is 1. The number of carbonyl (C=O) groups excluding carboxylic acids is 2. The van der Waals surface area contributed by atoms with Crippen molar-refractivity contribution in [2.45, 2.75) is 19.4 Å². The second-order valence-corrected chi connectivity index (χ2v) is 3.66. The Kier molecular flexibility index (Phi) is 2.27. The Balaban J connectivity index is 2.29. The lowest BCUT2D eigenvalue weighted by atomic mass is 9.79. The summed E-state index contributed by atoms with van der Waals surface area (Å²) in [7, 11) is 0. The van der Waals surface area contributed by atoms with Crippen LogP contribution in [-0.4, -0.2) is 25.0 Å². The molecular formula is C10H12O4. The molecule has 4 nitrogen and oxygen atoms in total. The third-order valence-electron chi connectivity index (χ3n) is 2.87. The standard InChI is InChI=1S/C10H12O4/c1-6-8(4-11)7-2-3-13-10(12)9(7)5-14-6/h4-8H,2-3H2,1H3/t6-,7+,8+/m1/s1. The van der Waals surface area contributed by atoms with Crippen LogP contribution in [0.1, 0.15) is 13.3 Å². The first kappa shape index (κ1) is 9.24. The largest absolute Gasteiger partial charge is 0.497 e. The minimum absolute atomic E-state index is 0.0162. The van der Waals surface area contributed by atoms with Crippen LogP contribution >= 0.6 is 0 Å². The monoisotopic (exact) mass is 196 g/mol. The van der Waals surface area contributed by atoms with Crippen molar-refractivity contribution in [2.75, 3.05) is 6.61 Å². The summed E-state index contributed by atoms with van der Waals surface area (Å²) in [6, 6.07) is 0. The summed E-state index contributed by atoms with van der Waals surface area (Å²) < 4.78 is 10.1. The third-order valence-corrected chi connectivity index (χ3v) is 2.87. The summed E-state index contributed by atoms with van der Waals surface area (Å²) in [5.41, 5.74) is 0.506. The van der Waals surface area contributed by atoms with Gasteiger partial charge in [0, 0.05) is 5.92 Å². The second-order valence-electron chi connectivity index (χ2n) is 3.66. The van der Waals surface area contributed by atoms with Gasteiger partial charge in [-0.2, -0.15) is 0 Å². The van der Waals surface area contributed by atoms with Crippen molar-refractivity contribution in [3.8, 4) is 0 Å². The molecule has 0 amide bonds. The predicted octanol–water partition coefficient (Wildman–Crippen LogP) is 0.667. The molecule has 0 aliphatic carbocycles. The Morgan fingerprint density at radius 1 is 1.57 bits per heavy atom. The first-order valence-electron chi connectivity index (χ1n) is 4.72. The SMILES string of the molecule is C[C@H]1OC=C2C(=O)OCC[C@H]2[C@H]1C=O. The first-order chi connectivity index (χ1) is 6.74. The van der Waals surface area contributed by atoms with Crippen LogP contribution in [-0.2, 0) is 19.1 Å². The van der Waals surface area contributed by atoms with Gasteiger partial charge in [-0.05, 0) is 13.3 Å². The van der Waals surface area contributed by atoms with Gasteiger partial charge in [0.1, 0.15) is 12.4 Å². The van der Waals surface area contributed by atoms with Crippen molar-refractivity contribution >= 4 is 12.3 Å². The zero-order chi connectivity index (χ0) is 10.1. The van der Waals surface area contributed by atoms with Crippen molar-refractivity contribution in [2.24, 2.45) is 11.8 Å². The van der Waals surface area contributed by atoms with Gasteiger partial charge in [-0.1, -0.05) is 0 Å². The molecule has 0 aromatic carbocycles. The summed E-state index contributed by atoms with van der Waals surface area (Å²) in [5, 5.41) is 0. The van der Waals surface area contributed by atoms with E-state index in [1.807, 2.05) is 6.92 Å². The average Bonchev–Trinajstić information content (AvgIpc) is 2.18. The molecule has 1 saturated heterocycles. The molecule has 0 radical (unpaired) electrons. The van der Waals surface area contributed by atoms with Crippen molar-refractivity contribution < 1.29 is 19.1 Å². The van der Waals surface area contributed by atoms with E-state index in [-0.39, 0.29) is 23.9 Å². The minimum atomic E-state index is -0.347. The maximum atomic E-state index is 11.3. The highest BCUT2D eigenvalue weighted by atomic mass is 16.5. The van der Waals surface area contributed by atoms with Gasteiger partial charge in [-0.3, -0.25) is 0 Å². The summed E-state index contributed by atoms with van der Waals surface area (Å²) in [5.74, 6) is -0.583. The molecule has 14 heavy (non-hydrogen) atoms. The van der Waals surface area contributed by atoms with Crippen LogP contribution in [0.25, 0.3) is 0 Å². The Hall–Kier alpha value is -1.32. The fourth-order valence-corrected chi connectivity index (χ4v) is 2.01. The predicted molar refractivity (Wildman–Crippen MR) is 47.3 cm³/mol. The average molecular weight is 196 g/mol. The number of ether oxygens (including phenoxy) is 2. The molecule has 0 unspecified atom stereocenters. The summed E-state index contributed by atoms with van der Waals surface area (Å²) in [6.45, 7) is 2.24. The first-order valence-corrected chi connectivity index (χ1v) is 4.72. The maximum absolute atomic E-state index is 11.3. The van der Waals surface area contributed by atoms with Crippen LogP contribution in [0.4, 0.5) is 0 Å². The molecule has 0 saturated carbocycles. The number of cyclic esters (lactones) is 1. The summed E-state index contributed by atoms with van der Waals surface area (Å²) in [4.78, 5) is 22.2. The van der Waals surface area contributed by atoms with E-state index in [9.17, 15) is 9.59 Å². The molecule has 2 aliphatic rings. The van der Waals surface area contributed by atoms with E-state index in [0.29, 0.717) is 18.6 Å². The topological polar surface area (TPSA) is 52.6 Å². The number of aldehydes is 1. The Morgan fingerprint density at radius 3 is 3.07 bits per heavy atom. The molecule has 4 heteroatoms. The number of hydrogen-bond acceptors (Lipinski definition) is 4. The number of carbonyl (C=O) groups is 2. The molecule has 1 fully saturated rings. The molecule has 2 heterocycles. The van der Waals surface area contributed by atoms with Crippen molar-refractivity contribution in [1.29, 1.82) is 0 Å². The van der Waals surface area contributed by atoms with Crippen LogP contribution in [0, 0.1) is 11.8 Å². The highest BCUT2D eigenvalue weighted by Gasteiger charge is 2.39. The fourth-order valence-electron chi connectivity index (χ4n) is 2.01. The molecule has 2 aliphatic heterocycles. The lowest BCUT2D eigenvalue weighted by molar-refractivity contribution is -0.145. The van der Waals surface area contributed by atoms with Crippen LogP contribution in [0.5, 0.6) is 0 Å². The number of hydrogen-bond donors (Lipinski definition) is 0. The zero-order valence-electron chi connectivity index (χ0n) is 7.93. The quantitative estimate of drug-likeness (QED) is 0.457. The van der Waals surface area contributed by atoms with Gasteiger partial charge in [0.05, 0.1) is 24.4 Å². The number of fused-ring (bicyclic) bond motifs is 1. The molecule has 0 bridgehead atoms. The fraction of sp³-hybridized carbons (Fsp3) is 0.600. The third kappa shape index (κ3) is 1.31. The van der Waals surface area contributed by atoms with Crippen LogP contribution < -0.4 is 0 Å². The van der Waals surface area contributed by atoms with Gasteiger partial charge in [-0.15, -0.1) is 0 Å². The van der Waals surface area contributed by atoms with Gasteiger partial charge in [0.2, 0.25) is 0 Å². The Morgan fingerprint density at radius 2 is 2.36 bits per heavy atom. The van der Waals surface area contributed by atoms with Gasteiger partial charge < -0.3 is 14.3 Å². The molecule has 0 aromatic rings. The smallest absolute Gasteiger partial charge is 0.337 e. The van der Waals surface area contributed by atoms with E-state index >= 15 is 0 Å². The number of rotatable bonds is 1. The summed E-state index contributed by atoms with van der Waals surface area (Å²) in [6.07, 6.45) is 2.89. The molecule has 0 spiro atoms. The lowest BCUT2D eigenvalue weighted by Gasteiger charge is -2.35. The van der Waals surface area contributed by atoms with Crippen molar-refractivity contribution in [3.05, 3.63) is 11.8 Å². The van der Waals surface area contributed by atoms with Crippen molar-refractivity contribution in [1.82, 2.24) is 0 Å². The lowest BCUT2D eigenvalue weighted by Crippen LogP contribution is -2.39. The van der Waals surface area contributed by atoms with E-state index in [1.54, 1.807) is 0 Å². The Bertz CT molecular complexity index is 294.